The third kappa shape index (κ3) is 4.52. The molecule has 2 amide bonds. The van der Waals surface area contributed by atoms with Gasteiger partial charge < -0.3 is 19.4 Å². The summed E-state index contributed by atoms with van der Waals surface area (Å²) in [6.07, 6.45) is 5.45. The molecular weight excluding hydrogens is 582 g/mol. The lowest BCUT2D eigenvalue weighted by Gasteiger charge is -2.42. The molecule has 1 saturated carbocycles. The number of urea groups is 1. The number of carbonyl (C=O) groups is 1. The van der Waals surface area contributed by atoms with Crippen molar-refractivity contribution < 1.29 is 18.3 Å². The zero-order valence-corrected chi connectivity index (χ0v) is 25.9. The number of amides is 2. The Morgan fingerprint density at radius 1 is 1.14 bits per heavy atom. The maximum Gasteiger partial charge on any atom is 0.322 e. The first-order valence-corrected chi connectivity index (χ1v) is 16.5. The first kappa shape index (κ1) is 28.0. The van der Waals surface area contributed by atoms with Crippen LogP contribution < -0.4 is 4.90 Å². The van der Waals surface area contributed by atoms with Gasteiger partial charge in [-0.05, 0) is 62.4 Å². The van der Waals surface area contributed by atoms with E-state index in [1.54, 1.807) is 21.1 Å². The van der Waals surface area contributed by atoms with E-state index in [1.165, 1.54) is 11.3 Å². The van der Waals surface area contributed by atoms with Crippen LogP contribution >= 0.6 is 11.3 Å². The van der Waals surface area contributed by atoms with Crippen LogP contribution in [-0.4, -0.2) is 83.1 Å². The average molecular weight is 619 g/mol. The number of hydrogen-bond acceptors (Lipinski definition) is 7. The lowest BCUT2D eigenvalue weighted by molar-refractivity contribution is -0.116. The van der Waals surface area contributed by atoms with E-state index in [9.17, 15) is 18.8 Å². The molecule has 1 aromatic carbocycles. The van der Waals surface area contributed by atoms with Crippen molar-refractivity contribution in [1.29, 1.82) is 5.26 Å². The highest BCUT2D eigenvalue weighted by Crippen LogP contribution is 2.49. The van der Waals surface area contributed by atoms with E-state index in [-0.39, 0.29) is 31.1 Å². The number of nitriles is 1. The number of thiophene rings is 1. The molecule has 1 aliphatic carbocycles. The van der Waals surface area contributed by atoms with Crippen molar-refractivity contribution in [3.63, 3.8) is 0 Å². The molecule has 0 unspecified atom stereocenters. The van der Waals surface area contributed by atoms with Gasteiger partial charge in [0.05, 0.1) is 35.3 Å². The van der Waals surface area contributed by atoms with Gasteiger partial charge in [-0.2, -0.15) is 5.26 Å². The number of hydrogen-bond donors (Lipinski definition) is 0. The largest absolute Gasteiger partial charge is 0.366 e. The van der Waals surface area contributed by atoms with Crippen molar-refractivity contribution in [2.45, 2.75) is 82.5 Å². The topological polar surface area (TPSA) is 75.4 Å². The van der Waals surface area contributed by atoms with Crippen LogP contribution in [0.4, 0.5) is 25.0 Å². The average Bonchev–Trinajstić information content (AvgIpc) is 3.38. The van der Waals surface area contributed by atoms with Crippen LogP contribution in [0.3, 0.4) is 0 Å². The third-order valence-corrected chi connectivity index (χ3v) is 11.3. The lowest BCUT2D eigenvalue weighted by atomic mass is 9.87. The molecule has 44 heavy (non-hydrogen) atoms. The monoisotopic (exact) mass is 618 g/mol. The zero-order chi connectivity index (χ0) is 30.4. The normalized spacial score (nSPS) is 25.3. The number of aryl methyl sites for hydroxylation is 1. The summed E-state index contributed by atoms with van der Waals surface area (Å²) >= 11 is 1.62. The van der Waals surface area contributed by atoms with Gasteiger partial charge in [0.15, 0.2) is 0 Å². The molecule has 8 rings (SSSR count). The van der Waals surface area contributed by atoms with Gasteiger partial charge in [-0.25, -0.2) is 18.6 Å². The highest BCUT2D eigenvalue weighted by atomic mass is 32.1. The zero-order valence-electron chi connectivity index (χ0n) is 25.1. The number of nitrogens with zero attached hydrogens (tertiary/aromatic N) is 6. The van der Waals surface area contributed by atoms with Gasteiger partial charge in [0, 0.05) is 72.6 Å². The van der Waals surface area contributed by atoms with Gasteiger partial charge in [0.1, 0.15) is 12.6 Å². The summed E-state index contributed by atoms with van der Waals surface area (Å²) in [6.45, 7) is 7.59. The quantitative estimate of drug-likeness (QED) is 0.415. The molecule has 11 heteroatoms. The molecule has 0 N–H and O–H groups in total. The molecule has 6 aliphatic rings. The SMILES string of the molecule is CC1(C)C[C@H]2CN1C1=Nc3cc(CN4COCCN(C5CC(F)(F)C5)C4=O)sc3C(=CC1)c1cc(C#N)cc3c1N2CCC3. The maximum atomic E-state index is 13.7. The van der Waals surface area contributed by atoms with Crippen LogP contribution in [0, 0.1) is 11.3 Å². The van der Waals surface area contributed by atoms with Crippen LogP contribution in [0.2, 0.25) is 0 Å². The van der Waals surface area contributed by atoms with E-state index in [4.69, 9.17) is 9.73 Å². The number of halogens is 2. The fourth-order valence-corrected chi connectivity index (χ4v) is 9.27. The van der Waals surface area contributed by atoms with Crippen LogP contribution in [0.5, 0.6) is 0 Å². The molecular formula is C33H36F2N6O2S. The molecule has 230 valence electrons. The predicted octanol–water partition coefficient (Wildman–Crippen LogP) is 6.11. The van der Waals surface area contributed by atoms with Crippen LogP contribution in [-0.2, 0) is 17.7 Å². The Morgan fingerprint density at radius 3 is 2.77 bits per heavy atom. The minimum Gasteiger partial charge on any atom is -0.366 e. The van der Waals surface area contributed by atoms with Gasteiger partial charge in [0.25, 0.3) is 5.92 Å². The van der Waals surface area contributed by atoms with Crippen molar-refractivity contribution in [3.05, 3.63) is 50.7 Å². The van der Waals surface area contributed by atoms with E-state index in [0.717, 1.165) is 64.8 Å². The second-order valence-electron chi connectivity index (χ2n) is 13.6. The van der Waals surface area contributed by atoms with E-state index < -0.39 is 12.0 Å². The van der Waals surface area contributed by atoms with Crippen LogP contribution in [0.25, 0.3) is 5.57 Å². The second-order valence-corrected chi connectivity index (χ2v) is 14.8. The van der Waals surface area contributed by atoms with Gasteiger partial charge >= 0.3 is 6.03 Å². The fraction of sp³-hybridized carbons (Fsp3) is 0.545. The number of ether oxygens (including phenoxy) is 1. The second kappa shape index (κ2) is 10.0. The molecule has 3 fully saturated rings. The molecule has 1 atom stereocenters. The first-order chi connectivity index (χ1) is 21.1. The third-order valence-electron chi connectivity index (χ3n) is 10.2. The number of aliphatic imine (C=N–C) groups is 1. The standard InChI is InChI=1S/C33H36F2N6O2S/c1-32(2)13-23-17-41(32)28-6-5-25(26-11-20(16-36)10-21-4-3-7-39(23)29(21)26)30-27(37-28)12-24(44-30)18-38-19-43-9-8-40(31(38)42)22-14-33(34,35)15-22/h5,10-12,22-23H,3-4,6-9,13-15,17-19H2,1-2H3/t23-/m0/s1. The minimum absolute atomic E-state index is 0.0623. The summed E-state index contributed by atoms with van der Waals surface area (Å²) in [4.78, 5) is 29.1. The molecule has 0 radical (unpaired) electrons. The number of alkyl halides is 2. The van der Waals surface area contributed by atoms with Gasteiger partial charge in [0.2, 0.25) is 0 Å². The maximum absolute atomic E-state index is 13.7. The highest BCUT2D eigenvalue weighted by Gasteiger charge is 2.50. The lowest BCUT2D eigenvalue weighted by Crippen LogP contribution is -2.55. The number of rotatable bonds is 3. The molecule has 5 aliphatic heterocycles. The molecule has 8 nitrogen and oxygen atoms in total. The summed E-state index contributed by atoms with van der Waals surface area (Å²) in [5.41, 5.74) is 6.15. The van der Waals surface area contributed by atoms with Gasteiger partial charge in [-0.1, -0.05) is 6.08 Å². The summed E-state index contributed by atoms with van der Waals surface area (Å²) in [5, 5.41) is 10.0. The number of carbonyl (C=O) groups excluding carboxylic acids is 1. The minimum atomic E-state index is -2.70. The van der Waals surface area contributed by atoms with E-state index >= 15 is 0 Å². The van der Waals surface area contributed by atoms with Crippen molar-refractivity contribution in [2.24, 2.45) is 4.99 Å². The Bertz CT molecular complexity index is 1650. The molecule has 4 bridgehead atoms. The van der Waals surface area contributed by atoms with E-state index in [2.05, 4.69) is 54.0 Å². The van der Waals surface area contributed by atoms with Crippen molar-refractivity contribution >= 4 is 40.2 Å². The molecule has 1 aromatic heterocycles. The number of fused-ring (bicyclic) bond motifs is 9. The Kier molecular flexibility index (Phi) is 6.37. The summed E-state index contributed by atoms with van der Waals surface area (Å²) < 4.78 is 33.1. The molecule has 0 spiro atoms. The highest BCUT2D eigenvalue weighted by molar-refractivity contribution is 7.13. The summed E-state index contributed by atoms with van der Waals surface area (Å²) in [6, 6.07) is 8.26. The molecule has 2 aromatic rings. The summed E-state index contributed by atoms with van der Waals surface area (Å²) in [5.74, 6) is -1.65. The number of benzene rings is 1. The van der Waals surface area contributed by atoms with Crippen molar-refractivity contribution in [3.8, 4) is 6.07 Å². The first-order valence-electron chi connectivity index (χ1n) is 15.6. The van der Waals surface area contributed by atoms with Crippen LogP contribution in [0.15, 0.2) is 29.3 Å². The smallest absolute Gasteiger partial charge is 0.322 e. The van der Waals surface area contributed by atoms with Crippen LogP contribution in [0.1, 0.15) is 72.4 Å². The fourth-order valence-electron chi connectivity index (χ4n) is 8.10. The van der Waals surface area contributed by atoms with E-state index in [1.807, 2.05) is 0 Å². The van der Waals surface area contributed by atoms with Gasteiger partial charge in [-0.3, -0.25) is 4.90 Å². The Hall–Kier alpha value is -3.49. The summed E-state index contributed by atoms with van der Waals surface area (Å²) in [7, 11) is 0. The molecule has 6 heterocycles. The van der Waals surface area contributed by atoms with Gasteiger partial charge in [-0.15, -0.1) is 11.3 Å². The Morgan fingerprint density at radius 2 is 1.98 bits per heavy atom. The number of amidine groups is 1. The van der Waals surface area contributed by atoms with Crippen molar-refractivity contribution in [2.75, 3.05) is 37.9 Å². The van der Waals surface area contributed by atoms with E-state index in [0.29, 0.717) is 37.7 Å². The Labute approximate surface area is 260 Å². The number of anilines is 1. The Balaban J connectivity index is 1.21. The van der Waals surface area contributed by atoms with Crippen molar-refractivity contribution in [1.82, 2.24) is 14.7 Å². The predicted molar refractivity (Wildman–Crippen MR) is 166 cm³/mol. The molecule has 2 saturated heterocycles.